The van der Waals surface area contributed by atoms with Gasteiger partial charge in [0.1, 0.15) is 30.2 Å². The molecule has 2 rings (SSSR count). The lowest BCUT2D eigenvalue weighted by Gasteiger charge is -2.00. The van der Waals surface area contributed by atoms with Crippen molar-refractivity contribution in [1.29, 1.82) is 10.5 Å². The molecule has 0 aliphatic rings. The van der Waals surface area contributed by atoms with Crippen molar-refractivity contribution in [2.75, 3.05) is 0 Å². The summed E-state index contributed by atoms with van der Waals surface area (Å²) in [6.45, 7) is 0. The second-order valence-electron chi connectivity index (χ2n) is 3.06. The van der Waals surface area contributed by atoms with E-state index in [9.17, 15) is 10.1 Å². The van der Waals surface area contributed by atoms with Crippen LogP contribution in [0, 0.1) is 32.8 Å². The number of nitro groups is 1. The summed E-state index contributed by atoms with van der Waals surface area (Å²) in [5.41, 5.74) is -0.325. The van der Waals surface area contributed by atoms with Gasteiger partial charge in [0.15, 0.2) is 5.82 Å². The Morgan fingerprint density at radius 2 is 2.11 bits per heavy atom. The molecule has 0 atom stereocenters. The zero-order valence-electron chi connectivity index (χ0n) is 8.68. The molecule has 2 aromatic rings. The second kappa shape index (κ2) is 4.27. The van der Waals surface area contributed by atoms with Gasteiger partial charge < -0.3 is 0 Å². The molecule has 0 saturated heterocycles. The summed E-state index contributed by atoms with van der Waals surface area (Å²) in [5, 5.41) is 31.8. The van der Waals surface area contributed by atoms with Gasteiger partial charge in [0.2, 0.25) is 0 Å². The minimum Gasteiger partial charge on any atom is -0.258 e. The molecule has 0 unspecified atom stereocenters. The van der Waals surface area contributed by atoms with Crippen LogP contribution in [0.25, 0.3) is 5.82 Å². The van der Waals surface area contributed by atoms with E-state index >= 15 is 0 Å². The molecule has 0 spiro atoms. The summed E-state index contributed by atoms with van der Waals surface area (Å²) in [7, 11) is 0. The van der Waals surface area contributed by atoms with Crippen molar-refractivity contribution in [2.24, 2.45) is 0 Å². The van der Waals surface area contributed by atoms with Gasteiger partial charge in [-0.05, 0) is 0 Å². The van der Waals surface area contributed by atoms with Crippen LogP contribution < -0.4 is 0 Å². The van der Waals surface area contributed by atoms with Crippen molar-refractivity contribution in [3.05, 3.63) is 40.1 Å². The maximum Gasteiger partial charge on any atom is 0.289 e. The summed E-state index contributed by atoms with van der Waals surface area (Å²) < 4.78 is 1.11. The molecular weight excluding hydrogens is 238 g/mol. The molecule has 0 fully saturated rings. The monoisotopic (exact) mass is 241 g/mol. The Kier molecular flexibility index (Phi) is 2.65. The van der Waals surface area contributed by atoms with Crippen LogP contribution in [-0.2, 0) is 0 Å². The van der Waals surface area contributed by atoms with Crippen LogP contribution >= 0.6 is 0 Å². The Labute approximate surface area is 99.7 Å². The van der Waals surface area contributed by atoms with Gasteiger partial charge in [-0.25, -0.2) is 9.97 Å². The largest absolute Gasteiger partial charge is 0.289 e. The third-order valence-corrected chi connectivity index (χ3v) is 1.99. The maximum atomic E-state index is 10.5. The van der Waals surface area contributed by atoms with Crippen LogP contribution in [0.3, 0.4) is 0 Å². The number of hydrogen-bond donors (Lipinski definition) is 0. The molecule has 0 saturated carbocycles. The number of rotatable bonds is 2. The molecule has 2 heterocycles. The van der Waals surface area contributed by atoms with Crippen LogP contribution in [0.15, 0.2) is 18.6 Å². The second-order valence-corrected chi connectivity index (χ2v) is 3.06. The molecule has 0 radical (unpaired) electrons. The van der Waals surface area contributed by atoms with Crippen molar-refractivity contribution in [3.8, 4) is 18.0 Å². The van der Waals surface area contributed by atoms with Crippen LogP contribution in [0.2, 0.25) is 0 Å². The van der Waals surface area contributed by atoms with E-state index in [0.29, 0.717) is 0 Å². The van der Waals surface area contributed by atoms with Gasteiger partial charge in [-0.3, -0.25) is 10.1 Å². The number of nitrogens with zero attached hydrogens (tertiary/aromatic N) is 7. The smallest absolute Gasteiger partial charge is 0.258 e. The Morgan fingerprint density at radius 1 is 1.33 bits per heavy atom. The van der Waals surface area contributed by atoms with E-state index < -0.39 is 4.92 Å². The fourth-order valence-corrected chi connectivity index (χ4v) is 1.23. The molecule has 9 heteroatoms. The van der Waals surface area contributed by atoms with Crippen molar-refractivity contribution in [1.82, 2.24) is 19.7 Å². The molecule has 86 valence electrons. The van der Waals surface area contributed by atoms with Crippen LogP contribution in [0.1, 0.15) is 11.4 Å². The fourth-order valence-electron chi connectivity index (χ4n) is 1.23. The molecule has 9 nitrogen and oxygen atoms in total. The zero-order valence-corrected chi connectivity index (χ0v) is 8.68. The average molecular weight is 241 g/mol. The van der Waals surface area contributed by atoms with E-state index in [0.717, 1.165) is 16.9 Å². The van der Waals surface area contributed by atoms with E-state index in [4.69, 9.17) is 10.5 Å². The minimum atomic E-state index is -0.653. The van der Waals surface area contributed by atoms with E-state index in [-0.39, 0.29) is 22.9 Å². The molecule has 0 aromatic carbocycles. The van der Waals surface area contributed by atoms with Gasteiger partial charge in [-0.2, -0.15) is 15.2 Å². The highest BCUT2D eigenvalue weighted by Crippen LogP contribution is 2.16. The van der Waals surface area contributed by atoms with Crippen molar-refractivity contribution in [2.45, 2.75) is 0 Å². The van der Waals surface area contributed by atoms with Gasteiger partial charge in [-0.1, -0.05) is 0 Å². The minimum absolute atomic E-state index is 0.0291. The van der Waals surface area contributed by atoms with Crippen LogP contribution in [-0.4, -0.2) is 24.7 Å². The summed E-state index contributed by atoms with van der Waals surface area (Å²) in [5.74, 6) is -0.00357. The first-order valence-corrected chi connectivity index (χ1v) is 4.52. The summed E-state index contributed by atoms with van der Waals surface area (Å²) in [4.78, 5) is 17.3. The van der Waals surface area contributed by atoms with Crippen molar-refractivity contribution < 1.29 is 4.92 Å². The lowest BCUT2D eigenvalue weighted by atomic mass is 10.2. The molecule has 0 N–H and O–H groups in total. The van der Waals surface area contributed by atoms with Crippen molar-refractivity contribution in [3.63, 3.8) is 0 Å². The van der Waals surface area contributed by atoms with E-state index in [1.165, 1.54) is 6.33 Å². The molecule has 2 aromatic heterocycles. The fraction of sp³-hybridized carbons (Fsp3) is 0. The highest BCUT2D eigenvalue weighted by atomic mass is 16.6. The lowest BCUT2D eigenvalue weighted by molar-refractivity contribution is -0.385. The van der Waals surface area contributed by atoms with Gasteiger partial charge in [0, 0.05) is 6.07 Å². The summed E-state index contributed by atoms with van der Waals surface area (Å²) in [6, 6.07) is 4.58. The van der Waals surface area contributed by atoms with E-state index in [1.54, 1.807) is 12.1 Å². The number of aromatic nitrogens is 4. The van der Waals surface area contributed by atoms with Crippen LogP contribution in [0.5, 0.6) is 0 Å². The molecular formula is C9H3N7O2. The standard InChI is InChI=1S/C9H3N7O2/c10-2-6-1-7(16(17)18)4-12-9(6)15-5-13-8(3-11)14-15/h1,4-5H. The number of hydrogen-bond acceptors (Lipinski definition) is 7. The number of nitriles is 2. The first kappa shape index (κ1) is 11.2. The molecule has 0 bridgehead atoms. The predicted octanol–water partition coefficient (Wildman–Crippen LogP) is 0.314. The average Bonchev–Trinajstić information content (AvgIpc) is 2.86. The highest BCUT2D eigenvalue weighted by Gasteiger charge is 2.14. The zero-order chi connectivity index (χ0) is 13.1. The molecule has 18 heavy (non-hydrogen) atoms. The molecule has 0 aliphatic carbocycles. The molecule has 0 amide bonds. The summed E-state index contributed by atoms with van der Waals surface area (Å²) in [6.07, 6.45) is 2.21. The van der Waals surface area contributed by atoms with E-state index in [1.807, 2.05) is 0 Å². The van der Waals surface area contributed by atoms with E-state index in [2.05, 4.69) is 15.1 Å². The van der Waals surface area contributed by atoms with Gasteiger partial charge in [-0.15, -0.1) is 5.10 Å². The Balaban J connectivity index is 2.55. The Bertz CT molecular complexity index is 706. The lowest BCUT2D eigenvalue weighted by Crippen LogP contribution is -2.03. The SMILES string of the molecule is N#Cc1ncn(-c2ncc([N+](=O)[O-])cc2C#N)n1. The van der Waals surface area contributed by atoms with Crippen LogP contribution in [0.4, 0.5) is 5.69 Å². The third-order valence-electron chi connectivity index (χ3n) is 1.99. The first-order valence-electron chi connectivity index (χ1n) is 4.52. The topological polar surface area (TPSA) is 134 Å². The van der Waals surface area contributed by atoms with Gasteiger partial charge in [0.05, 0.1) is 4.92 Å². The van der Waals surface area contributed by atoms with Gasteiger partial charge in [0.25, 0.3) is 11.5 Å². The summed E-state index contributed by atoms with van der Waals surface area (Å²) >= 11 is 0. The van der Waals surface area contributed by atoms with Crippen molar-refractivity contribution >= 4 is 5.69 Å². The predicted molar refractivity (Wildman–Crippen MR) is 55.2 cm³/mol. The Hall–Kier alpha value is -3.33. The first-order chi connectivity index (χ1) is 8.65. The third kappa shape index (κ3) is 1.83. The highest BCUT2D eigenvalue weighted by molar-refractivity contribution is 5.48. The normalized spacial score (nSPS) is 9.44. The Morgan fingerprint density at radius 3 is 2.67 bits per heavy atom. The molecule has 0 aliphatic heterocycles. The maximum absolute atomic E-state index is 10.5. The quantitative estimate of drug-likeness (QED) is 0.545. The van der Waals surface area contributed by atoms with Gasteiger partial charge >= 0.3 is 0 Å². The number of pyridine rings is 1.